The van der Waals surface area contributed by atoms with E-state index in [4.69, 9.17) is 0 Å². The number of fused-ring (bicyclic) bond motifs is 5. The van der Waals surface area contributed by atoms with Crippen molar-refractivity contribution >= 4 is 0 Å². The maximum absolute atomic E-state index is 4.51. The van der Waals surface area contributed by atoms with Crippen LogP contribution in [0.1, 0.15) is 43.4 Å². The average Bonchev–Trinajstić information content (AvgIpc) is 3.10. The van der Waals surface area contributed by atoms with Crippen molar-refractivity contribution in [3.05, 3.63) is 29.6 Å². The van der Waals surface area contributed by atoms with E-state index >= 15 is 0 Å². The molecule has 0 saturated heterocycles. The van der Waals surface area contributed by atoms with Crippen molar-refractivity contribution in [1.82, 2.24) is 10.3 Å². The molecular weight excluding hydrogens is 232 g/mol. The monoisotopic (exact) mass is 256 g/mol. The molecule has 1 aromatic rings. The van der Waals surface area contributed by atoms with Crippen LogP contribution in [0.3, 0.4) is 0 Å². The van der Waals surface area contributed by atoms with Gasteiger partial charge >= 0.3 is 0 Å². The number of nitrogens with zero attached hydrogens (tertiary/aromatic N) is 1. The zero-order valence-corrected chi connectivity index (χ0v) is 11.8. The van der Waals surface area contributed by atoms with E-state index < -0.39 is 0 Å². The minimum absolute atomic E-state index is 0.771. The summed E-state index contributed by atoms with van der Waals surface area (Å²) in [6, 6.07) is 5.10. The molecule has 3 aliphatic rings. The number of hydrogen-bond acceptors (Lipinski definition) is 2. The first-order valence-corrected chi connectivity index (χ1v) is 7.96. The van der Waals surface area contributed by atoms with Crippen LogP contribution in [-0.4, -0.2) is 11.0 Å². The molecule has 0 spiro atoms. The molecule has 102 valence electrons. The molecule has 3 fully saturated rings. The second kappa shape index (κ2) is 4.59. The van der Waals surface area contributed by atoms with Gasteiger partial charge in [0.2, 0.25) is 0 Å². The van der Waals surface area contributed by atoms with E-state index in [1.165, 1.54) is 43.4 Å². The molecule has 5 unspecified atom stereocenters. The van der Waals surface area contributed by atoms with Crippen molar-refractivity contribution in [2.75, 3.05) is 0 Å². The van der Waals surface area contributed by atoms with Crippen LogP contribution in [0, 0.1) is 30.6 Å². The van der Waals surface area contributed by atoms with Gasteiger partial charge in [-0.15, -0.1) is 0 Å². The van der Waals surface area contributed by atoms with Gasteiger partial charge in [0.05, 0.1) is 5.69 Å². The summed E-state index contributed by atoms with van der Waals surface area (Å²) in [4.78, 5) is 4.51. The number of rotatable bonds is 3. The van der Waals surface area contributed by atoms with Crippen molar-refractivity contribution in [2.24, 2.45) is 23.7 Å². The molecule has 1 heterocycles. The van der Waals surface area contributed by atoms with Crippen LogP contribution < -0.4 is 5.32 Å². The van der Waals surface area contributed by atoms with Crippen molar-refractivity contribution < 1.29 is 0 Å². The number of aryl methyl sites for hydroxylation is 1. The molecule has 4 rings (SSSR count). The van der Waals surface area contributed by atoms with Gasteiger partial charge in [0.1, 0.15) is 0 Å². The summed E-state index contributed by atoms with van der Waals surface area (Å²) in [7, 11) is 0. The van der Waals surface area contributed by atoms with Crippen LogP contribution in [0.25, 0.3) is 0 Å². The number of pyridine rings is 1. The molecule has 3 saturated carbocycles. The Morgan fingerprint density at radius 1 is 1.16 bits per heavy atom. The molecule has 0 amide bonds. The van der Waals surface area contributed by atoms with Gasteiger partial charge < -0.3 is 5.32 Å². The fourth-order valence-electron chi connectivity index (χ4n) is 5.14. The summed E-state index contributed by atoms with van der Waals surface area (Å²) in [5, 5.41) is 3.80. The third kappa shape index (κ3) is 2.01. The predicted octanol–water partition coefficient (Wildman–Crippen LogP) is 3.30. The summed E-state index contributed by atoms with van der Waals surface area (Å²) in [6.07, 6.45) is 9.44. The highest BCUT2D eigenvalue weighted by Gasteiger charge is 2.53. The highest BCUT2D eigenvalue weighted by molar-refractivity contribution is 5.12. The second-order valence-corrected chi connectivity index (χ2v) is 6.97. The quantitative estimate of drug-likeness (QED) is 0.897. The number of nitrogens with one attached hydrogen (secondary N) is 1. The van der Waals surface area contributed by atoms with Crippen molar-refractivity contribution in [3.63, 3.8) is 0 Å². The zero-order chi connectivity index (χ0) is 12.8. The van der Waals surface area contributed by atoms with Gasteiger partial charge in [0.15, 0.2) is 0 Å². The van der Waals surface area contributed by atoms with Crippen molar-refractivity contribution in [2.45, 2.75) is 51.6 Å². The van der Waals surface area contributed by atoms with E-state index in [0.29, 0.717) is 0 Å². The van der Waals surface area contributed by atoms with E-state index in [1.807, 2.05) is 6.20 Å². The lowest BCUT2D eigenvalue weighted by molar-refractivity contribution is 0.207. The minimum atomic E-state index is 0.771. The van der Waals surface area contributed by atoms with Crippen molar-refractivity contribution in [1.29, 1.82) is 0 Å². The maximum Gasteiger partial charge on any atom is 0.0541 e. The van der Waals surface area contributed by atoms with Crippen LogP contribution in [0.5, 0.6) is 0 Å². The van der Waals surface area contributed by atoms with Crippen LogP contribution in [0.15, 0.2) is 18.3 Å². The first-order valence-electron chi connectivity index (χ1n) is 7.96. The largest absolute Gasteiger partial charge is 0.308 e. The molecule has 5 atom stereocenters. The molecule has 2 bridgehead atoms. The fourth-order valence-corrected chi connectivity index (χ4v) is 5.14. The zero-order valence-electron chi connectivity index (χ0n) is 11.8. The van der Waals surface area contributed by atoms with Crippen LogP contribution in [0.2, 0.25) is 0 Å². The lowest BCUT2D eigenvalue weighted by Crippen LogP contribution is -2.39. The van der Waals surface area contributed by atoms with Crippen LogP contribution >= 0.6 is 0 Å². The minimum Gasteiger partial charge on any atom is -0.308 e. The topological polar surface area (TPSA) is 24.9 Å². The Balaban J connectivity index is 1.38. The predicted molar refractivity (Wildman–Crippen MR) is 76.6 cm³/mol. The Morgan fingerprint density at radius 2 is 2.05 bits per heavy atom. The molecule has 1 N–H and O–H groups in total. The fraction of sp³-hybridized carbons (Fsp3) is 0.706. The van der Waals surface area contributed by atoms with Gasteiger partial charge in [-0.1, -0.05) is 12.5 Å². The summed E-state index contributed by atoms with van der Waals surface area (Å²) in [6.45, 7) is 3.05. The van der Waals surface area contributed by atoms with Gasteiger partial charge in [-0.25, -0.2) is 0 Å². The van der Waals surface area contributed by atoms with E-state index in [2.05, 4.69) is 29.4 Å². The SMILES string of the molecule is Cc1ccc(CNC2CC3CC2C2CCCC32)nc1. The third-order valence-corrected chi connectivity index (χ3v) is 5.95. The normalized spacial score (nSPS) is 39.7. The van der Waals surface area contributed by atoms with Gasteiger partial charge in [-0.2, -0.15) is 0 Å². The Labute approximate surface area is 116 Å². The molecular formula is C17H24N2. The highest BCUT2D eigenvalue weighted by atomic mass is 15.0. The van der Waals surface area contributed by atoms with Gasteiger partial charge in [0.25, 0.3) is 0 Å². The molecule has 2 nitrogen and oxygen atoms in total. The molecule has 3 aliphatic carbocycles. The molecule has 0 aromatic carbocycles. The third-order valence-electron chi connectivity index (χ3n) is 5.95. The van der Waals surface area contributed by atoms with Crippen molar-refractivity contribution in [3.8, 4) is 0 Å². The van der Waals surface area contributed by atoms with Gasteiger partial charge in [-0.3, -0.25) is 4.98 Å². The molecule has 0 aliphatic heterocycles. The first-order chi connectivity index (χ1) is 9.31. The smallest absolute Gasteiger partial charge is 0.0541 e. The Hall–Kier alpha value is -0.890. The molecule has 1 aromatic heterocycles. The van der Waals surface area contributed by atoms with E-state index in [-0.39, 0.29) is 0 Å². The number of aromatic nitrogens is 1. The molecule has 2 heteroatoms. The van der Waals surface area contributed by atoms with E-state index in [1.54, 1.807) is 0 Å². The first kappa shape index (κ1) is 11.9. The highest BCUT2D eigenvalue weighted by Crippen LogP contribution is 2.58. The summed E-state index contributed by atoms with van der Waals surface area (Å²) >= 11 is 0. The Kier molecular flexibility index (Phi) is 2.87. The van der Waals surface area contributed by atoms with Gasteiger partial charge in [0, 0.05) is 18.8 Å². The maximum atomic E-state index is 4.51. The lowest BCUT2D eigenvalue weighted by atomic mass is 9.79. The summed E-state index contributed by atoms with van der Waals surface area (Å²) in [5.41, 5.74) is 2.44. The van der Waals surface area contributed by atoms with E-state index in [0.717, 1.165) is 36.3 Å². The standard InChI is InChI=1S/C17H24N2/c1-11-5-6-13(18-9-11)10-19-17-8-12-7-16(17)15-4-2-3-14(12)15/h5-6,9,12,14-17,19H,2-4,7-8,10H2,1H3. The molecule has 19 heavy (non-hydrogen) atoms. The summed E-state index contributed by atoms with van der Waals surface area (Å²) in [5.74, 6) is 4.17. The molecule has 0 radical (unpaired) electrons. The summed E-state index contributed by atoms with van der Waals surface area (Å²) < 4.78 is 0. The second-order valence-electron chi connectivity index (χ2n) is 6.97. The average molecular weight is 256 g/mol. The lowest BCUT2D eigenvalue weighted by Gasteiger charge is -2.32. The van der Waals surface area contributed by atoms with Gasteiger partial charge in [-0.05, 0) is 67.9 Å². The Morgan fingerprint density at radius 3 is 2.89 bits per heavy atom. The van der Waals surface area contributed by atoms with Crippen LogP contribution in [0.4, 0.5) is 0 Å². The Bertz CT molecular complexity index is 453. The van der Waals surface area contributed by atoms with Crippen LogP contribution in [-0.2, 0) is 6.54 Å². The van der Waals surface area contributed by atoms with E-state index in [9.17, 15) is 0 Å². The number of hydrogen-bond donors (Lipinski definition) is 1.